The first-order chi connectivity index (χ1) is 20.1. The molecule has 1 fully saturated rings. The second-order valence-electron chi connectivity index (χ2n) is 11.9. The molecule has 8 bridgehead atoms. The number of hydrogen-bond donors (Lipinski definition) is 4. The highest BCUT2D eigenvalue weighted by molar-refractivity contribution is 6.24. The van der Waals surface area contributed by atoms with Crippen LogP contribution < -0.4 is 16.0 Å². The maximum atomic E-state index is 14.0. The third kappa shape index (κ3) is 3.93. The fraction of sp³-hybridized carbons (Fsp3) is 0.371. The van der Waals surface area contributed by atoms with Crippen molar-refractivity contribution in [1.82, 2.24) is 20.3 Å². The number of carbonyl (C=O) groups excluding carboxylic acids is 2. The molecular weight excluding hydrogens is 524 g/mol. The van der Waals surface area contributed by atoms with Crippen LogP contribution in [0.25, 0.3) is 29.9 Å². The van der Waals surface area contributed by atoms with Crippen LogP contribution >= 0.6 is 0 Å². The number of hydrogen-bond acceptors (Lipinski definition) is 4. The first kappa shape index (κ1) is 27.9. The van der Waals surface area contributed by atoms with Gasteiger partial charge >= 0.3 is 5.97 Å². The lowest BCUT2D eigenvalue weighted by atomic mass is 9.85. The standard InChI is InChI=1S/C35H40N4O3/c1-9-12-22-18(6)25-13-23-16(4)20(10-2)27(36-23)14-24-17(5)21(11-3)28(37-24)15-26-19(7)29-33(39-26)30(32(22)38-25)31(34(29)40)35(41)42-8/h10,13-15,18,22,31,36-39H,2,9,11-12H2,1,3-8H3/b24-14-,25-13-,28-15-,32-30-/t18-,22-,31+/m0/s1. The molecule has 4 N–H and O–H groups in total. The number of Topliss-reactive ketones (excluding diaryl/α,β-unsaturated/α-hetero) is 1. The summed E-state index contributed by atoms with van der Waals surface area (Å²) in [6.45, 7) is 16.9. The van der Waals surface area contributed by atoms with Crippen molar-refractivity contribution < 1.29 is 14.3 Å². The van der Waals surface area contributed by atoms with Crippen molar-refractivity contribution >= 4 is 41.6 Å². The van der Waals surface area contributed by atoms with Crippen LogP contribution in [0.3, 0.4) is 0 Å². The maximum Gasteiger partial charge on any atom is 0.321 e. The Bertz CT molecular complexity index is 1860. The van der Waals surface area contributed by atoms with E-state index in [0.717, 1.165) is 80.8 Å². The molecule has 6 rings (SSSR count). The van der Waals surface area contributed by atoms with Crippen molar-refractivity contribution in [1.29, 1.82) is 0 Å². The van der Waals surface area contributed by atoms with E-state index >= 15 is 0 Å². The number of allylic oxidation sites excluding steroid dienone is 2. The van der Waals surface area contributed by atoms with Gasteiger partial charge in [0.25, 0.3) is 0 Å². The predicted molar refractivity (Wildman–Crippen MR) is 168 cm³/mol. The Labute approximate surface area is 246 Å². The van der Waals surface area contributed by atoms with Crippen molar-refractivity contribution in [3.05, 3.63) is 84.8 Å². The van der Waals surface area contributed by atoms with Crippen molar-refractivity contribution in [2.24, 2.45) is 17.8 Å². The molecule has 1 saturated heterocycles. The van der Waals surface area contributed by atoms with Gasteiger partial charge in [-0.2, -0.15) is 0 Å². The van der Waals surface area contributed by atoms with Gasteiger partial charge in [0.15, 0.2) is 5.78 Å². The molecule has 3 aliphatic rings. The molecule has 3 aromatic rings. The zero-order chi connectivity index (χ0) is 30.0. The largest absolute Gasteiger partial charge is 0.468 e. The molecule has 2 aliphatic heterocycles. The highest BCUT2D eigenvalue weighted by atomic mass is 16.5. The number of rotatable bonds is 5. The number of aromatic amines is 3. The third-order valence-corrected chi connectivity index (χ3v) is 9.68. The van der Waals surface area contributed by atoms with Gasteiger partial charge in [0, 0.05) is 67.7 Å². The number of ether oxygens (including phenoxy) is 1. The molecule has 42 heavy (non-hydrogen) atoms. The Balaban J connectivity index is 1.75. The van der Waals surface area contributed by atoms with E-state index < -0.39 is 11.9 Å². The number of H-pyrrole nitrogens is 3. The van der Waals surface area contributed by atoms with E-state index in [1.807, 2.05) is 13.0 Å². The van der Waals surface area contributed by atoms with Crippen molar-refractivity contribution in [3.8, 4) is 0 Å². The molecule has 3 aromatic heterocycles. The average Bonchev–Trinajstić information content (AvgIpc) is 3.70. The van der Waals surface area contributed by atoms with Crippen LogP contribution in [-0.2, 0) is 16.0 Å². The highest BCUT2D eigenvalue weighted by Gasteiger charge is 2.48. The Morgan fingerprint density at radius 1 is 0.976 bits per heavy atom. The van der Waals surface area contributed by atoms with Crippen molar-refractivity contribution in [2.75, 3.05) is 7.11 Å². The first-order valence-electron chi connectivity index (χ1n) is 15.0. The average molecular weight is 565 g/mol. The van der Waals surface area contributed by atoms with E-state index in [0.29, 0.717) is 11.1 Å². The number of fused-ring (bicyclic) bond motifs is 7. The summed E-state index contributed by atoms with van der Waals surface area (Å²) in [5.41, 5.74) is 12.3. The molecule has 0 unspecified atom stereocenters. The van der Waals surface area contributed by atoms with Crippen molar-refractivity contribution in [3.63, 3.8) is 0 Å². The number of ketones is 1. The van der Waals surface area contributed by atoms with E-state index in [4.69, 9.17) is 4.74 Å². The zero-order valence-corrected chi connectivity index (χ0v) is 25.6. The monoisotopic (exact) mass is 564 g/mol. The van der Waals surface area contributed by atoms with Crippen molar-refractivity contribution in [2.45, 2.75) is 60.8 Å². The van der Waals surface area contributed by atoms with Gasteiger partial charge in [-0.15, -0.1) is 0 Å². The van der Waals surface area contributed by atoms with Gasteiger partial charge in [-0.05, 0) is 74.1 Å². The second-order valence-corrected chi connectivity index (χ2v) is 11.9. The lowest BCUT2D eigenvalue weighted by Crippen LogP contribution is -2.25. The Morgan fingerprint density at radius 2 is 1.69 bits per heavy atom. The molecule has 0 spiro atoms. The number of nitrogens with one attached hydrogen (secondary N) is 4. The molecule has 3 atom stereocenters. The zero-order valence-electron chi connectivity index (χ0n) is 25.6. The quantitative estimate of drug-likeness (QED) is 0.254. The number of aromatic nitrogens is 3. The minimum atomic E-state index is -0.998. The van der Waals surface area contributed by atoms with Gasteiger partial charge in [-0.3, -0.25) is 9.59 Å². The smallest absolute Gasteiger partial charge is 0.321 e. The molecule has 7 heteroatoms. The first-order valence-corrected chi connectivity index (χ1v) is 15.0. The summed E-state index contributed by atoms with van der Waals surface area (Å²) < 4.78 is 5.21. The Morgan fingerprint density at radius 3 is 2.36 bits per heavy atom. The van der Waals surface area contributed by atoms with Crippen LogP contribution in [0.15, 0.2) is 18.0 Å². The molecule has 1 aliphatic carbocycles. The van der Waals surface area contributed by atoms with Gasteiger partial charge in [0.1, 0.15) is 5.92 Å². The molecule has 0 amide bonds. The van der Waals surface area contributed by atoms with E-state index in [2.05, 4.69) is 79.7 Å². The lowest BCUT2D eigenvalue weighted by molar-refractivity contribution is -0.141. The summed E-state index contributed by atoms with van der Waals surface area (Å²) >= 11 is 0. The minimum Gasteiger partial charge on any atom is -0.468 e. The summed E-state index contributed by atoms with van der Waals surface area (Å²) in [5, 5.41) is 5.76. The number of carbonyl (C=O) groups is 2. The molecule has 7 nitrogen and oxygen atoms in total. The maximum absolute atomic E-state index is 14.0. The molecule has 0 aromatic carbocycles. The van der Waals surface area contributed by atoms with Crippen LogP contribution in [0, 0.1) is 38.5 Å². The Kier molecular flexibility index (Phi) is 6.79. The topological polar surface area (TPSA) is 103 Å². The van der Waals surface area contributed by atoms with E-state index in [9.17, 15) is 9.59 Å². The highest BCUT2D eigenvalue weighted by Crippen LogP contribution is 2.48. The molecular formula is C35H40N4O3. The second kappa shape index (κ2) is 10.2. The summed E-state index contributed by atoms with van der Waals surface area (Å²) in [4.78, 5) is 38.1. The van der Waals surface area contributed by atoms with Gasteiger partial charge in [-0.25, -0.2) is 0 Å². The van der Waals surface area contributed by atoms with Gasteiger partial charge < -0.3 is 25.0 Å². The molecule has 0 saturated carbocycles. The summed E-state index contributed by atoms with van der Waals surface area (Å²) in [7, 11) is 1.35. The van der Waals surface area contributed by atoms with E-state index in [1.165, 1.54) is 18.2 Å². The van der Waals surface area contributed by atoms with Crippen LogP contribution in [0.1, 0.15) is 94.6 Å². The summed E-state index contributed by atoms with van der Waals surface area (Å²) in [6.07, 6.45) is 11.1. The van der Waals surface area contributed by atoms with Crippen LogP contribution in [0.2, 0.25) is 0 Å². The Hall–Kier alpha value is -4.26. The summed E-state index contributed by atoms with van der Waals surface area (Å²) in [6, 6.07) is 0. The van der Waals surface area contributed by atoms with Gasteiger partial charge in [0.05, 0.1) is 12.8 Å². The fourth-order valence-corrected chi connectivity index (χ4v) is 7.31. The van der Waals surface area contributed by atoms with Gasteiger partial charge in [-0.1, -0.05) is 39.8 Å². The SMILES string of the molecule is C=Cc1c2[nH]c(c1C)/C=C1\N/C(=C3\c4[nH]c(c(C)c4C(=O)[C@@H]3C(=O)OC)/C=c3\[nH]/c(c(C)c3CC)=C\2)[C@@H](CCC)[C@@H]1C. The molecule has 0 radical (unpaired) electrons. The normalized spacial score (nSPS) is 25.3. The van der Waals surface area contributed by atoms with E-state index in [-0.39, 0.29) is 17.6 Å². The predicted octanol–water partition coefficient (Wildman–Crippen LogP) is 5.17. The summed E-state index contributed by atoms with van der Waals surface area (Å²) in [5.74, 6) is -1.45. The van der Waals surface area contributed by atoms with Crippen LogP contribution in [-0.4, -0.2) is 33.8 Å². The van der Waals surface area contributed by atoms with Crippen LogP contribution in [0.4, 0.5) is 0 Å². The van der Waals surface area contributed by atoms with Crippen LogP contribution in [0.5, 0.6) is 0 Å². The van der Waals surface area contributed by atoms with E-state index in [1.54, 1.807) is 0 Å². The molecule has 5 heterocycles. The third-order valence-electron chi connectivity index (χ3n) is 9.68. The minimum absolute atomic E-state index is 0.119. The fourth-order valence-electron chi connectivity index (χ4n) is 7.31. The lowest BCUT2D eigenvalue weighted by Gasteiger charge is -2.19. The number of methoxy groups -OCH3 is 1. The number of esters is 1. The van der Waals surface area contributed by atoms with Gasteiger partial charge in [0.2, 0.25) is 0 Å². The molecule has 218 valence electrons.